The summed E-state index contributed by atoms with van der Waals surface area (Å²) in [6, 6.07) is 0. The van der Waals surface area contributed by atoms with Gasteiger partial charge in [-0.25, -0.2) is 9.97 Å². The molecule has 0 radical (unpaired) electrons. The van der Waals surface area contributed by atoms with Gasteiger partial charge in [0, 0.05) is 55.8 Å². The van der Waals surface area contributed by atoms with Gasteiger partial charge in [0.25, 0.3) is 11.8 Å². The van der Waals surface area contributed by atoms with Crippen LogP contribution in [0.5, 0.6) is 0 Å². The number of aromatic nitrogens is 3. The SMILES string of the molecule is O=C(c1cnccn1)N1C[C@@H]2CN(C(=O)c3cscn3)C[C@@H]2C1. The fourth-order valence-corrected chi connectivity index (χ4v) is 3.90. The van der Waals surface area contributed by atoms with E-state index in [0.717, 1.165) is 0 Å². The van der Waals surface area contributed by atoms with E-state index in [-0.39, 0.29) is 11.8 Å². The Bertz CT molecular complexity index is 707. The first kappa shape index (κ1) is 14.3. The second-order valence-corrected chi connectivity index (χ2v) is 6.62. The lowest BCUT2D eigenvalue weighted by Gasteiger charge is -2.21. The Labute approximate surface area is 137 Å². The minimum atomic E-state index is -0.0788. The van der Waals surface area contributed by atoms with Crippen molar-refractivity contribution in [2.75, 3.05) is 26.2 Å². The van der Waals surface area contributed by atoms with Gasteiger partial charge in [0.1, 0.15) is 11.4 Å². The van der Waals surface area contributed by atoms with Gasteiger partial charge in [-0.3, -0.25) is 14.6 Å². The summed E-state index contributed by atoms with van der Waals surface area (Å²) in [5, 5.41) is 1.78. The smallest absolute Gasteiger partial charge is 0.274 e. The van der Waals surface area contributed by atoms with E-state index in [0.29, 0.717) is 49.4 Å². The number of hydrogen-bond acceptors (Lipinski definition) is 6. The highest BCUT2D eigenvalue weighted by molar-refractivity contribution is 7.07. The van der Waals surface area contributed by atoms with E-state index < -0.39 is 0 Å². The highest BCUT2D eigenvalue weighted by Crippen LogP contribution is 2.32. The number of amides is 2. The van der Waals surface area contributed by atoms with Gasteiger partial charge in [0.15, 0.2) is 0 Å². The molecule has 0 spiro atoms. The highest BCUT2D eigenvalue weighted by atomic mass is 32.1. The molecule has 4 rings (SSSR count). The lowest BCUT2D eigenvalue weighted by Crippen LogP contribution is -2.36. The van der Waals surface area contributed by atoms with Crippen molar-refractivity contribution in [3.63, 3.8) is 0 Å². The Morgan fingerprint density at radius 3 is 2.13 bits per heavy atom. The summed E-state index contributed by atoms with van der Waals surface area (Å²) in [5.41, 5.74) is 2.57. The minimum Gasteiger partial charge on any atom is -0.337 e. The number of carbonyl (C=O) groups is 2. The molecule has 0 N–H and O–H groups in total. The van der Waals surface area contributed by atoms with Crippen LogP contribution < -0.4 is 0 Å². The van der Waals surface area contributed by atoms with Crippen molar-refractivity contribution in [3.05, 3.63) is 40.9 Å². The molecule has 2 aromatic rings. The number of carbonyl (C=O) groups excluding carboxylic acids is 2. The summed E-state index contributed by atoms with van der Waals surface area (Å²) in [5.74, 6) is 0.578. The minimum absolute atomic E-state index is 0.00699. The van der Waals surface area contributed by atoms with Crippen molar-refractivity contribution in [1.29, 1.82) is 0 Å². The number of nitrogens with zero attached hydrogens (tertiary/aromatic N) is 5. The predicted molar refractivity (Wildman–Crippen MR) is 82.9 cm³/mol. The maximum absolute atomic E-state index is 12.4. The summed E-state index contributed by atoms with van der Waals surface area (Å²) in [6.07, 6.45) is 4.57. The maximum Gasteiger partial charge on any atom is 0.274 e. The summed E-state index contributed by atoms with van der Waals surface area (Å²) in [7, 11) is 0. The van der Waals surface area contributed by atoms with Crippen molar-refractivity contribution in [3.8, 4) is 0 Å². The van der Waals surface area contributed by atoms with Gasteiger partial charge in [-0.15, -0.1) is 11.3 Å². The zero-order chi connectivity index (χ0) is 15.8. The molecule has 23 heavy (non-hydrogen) atoms. The van der Waals surface area contributed by atoms with Crippen LogP contribution in [0.15, 0.2) is 29.5 Å². The van der Waals surface area contributed by atoms with Crippen LogP contribution in [0.1, 0.15) is 21.0 Å². The second-order valence-electron chi connectivity index (χ2n) is 5.90. The maximum atomic E-state index is 12.4. The number of hydrogen-bond donors (Lipinski definition) is 0. The topological polar surface area (TPSA) is 79.3 Å². The Hall–Kier alpha value is -2.35. The van der Waals surface area contributed by atoms with Gasteiger partial charge in [-0.2, -0.15) is 0 Å². The van der Waals surface area contributed by atoms with Crippen LogP contribution in [0, 0.1) is 11.8 Å². The molecule has 2 aliphatic rings. The van der Waals surface area contributed by atoms with Crippen molar-refractivity contribution >= 4 is 23.2 Å². The van der Waals surface area contributed by atoms with Crippen molar-refractivity contribution < 1.29 is 9.59 Å². The summed E-state index contributed by atoms with van der Waals surface area (Å²) < 4.78 is 0. The molecule has 2 fully saturated rings. The van der Waals surface area contributed by atoms with Gasteiger partial charge >= 0.3 is 0 Å². The monoisotopic (exact) mass is 329 g/mol. The molecule has 2 amide bonds. The Balaban J connectivity index is 1.40. The molecule has 118 valence electrons. The molecule has 0 saturated carbocycles. The third-order valence-corrected chi connectivity index (χ3v) is 5.08. The number of fused-ring (bicyclic) bond motifs is 1. The molecule has 0 unspecified atom stereocenters. The second kappa shape index (κ2) is 5.69. The lowest BCUT2D eigenvalue weighted by molar-refractivity contribution is 0.0732. The molecule has 0 aromatic carbocycles. The van der Waals surface area contributed by atoms with Crippen LogP contribution in [0.2, 0.25) is 0 Å². The third kappa shape index (κ3) is 2.59. The molecule has 2 aliphatic heterocycles. The average Bonchev–Trinajstić information content (AvgIpc) is 3.29. The highest BCUT2D eigenvalue weighted by Gasteiger charge is 2.43. The largest absolute Gasteiger partial charge is 0.337 e. The van der Waals surface area contributed by atoms with Crippen molar-refractivity contribution in [1.82, 2.24) is 24.8 Å². The van der Waals surface area contributed by atoms with Crippen LogP contribution >= 0.6 is 11.3 Å². The quantitative estimate of drug-likeness (QED) is 0.813. The van der Waals surface area contributed by atoms with E-state index in [2.05, 4.69) is 15.0 Å². The number of likely N-dealkylation sites (tertiary alicyclic amines) is 2. The van der Waals surface area contributed by atoms with E-state index in [9.17, 15) is 9.59 Å². The van der Waals surface area contributed by atoms with Gasteiger partial charge in [0.05, 0.1) is 11.7 Å². The molecule has 2 atom stereocenters. The van der Waals surface area contributed by atoms with E-state index >= 15 is 0 Å². The van der Waals surface area contributed by atoms with E-state index in [1.54, 1.807) is 17.1 Å². The summed E-state index contributed by atoms with van der Waals surface area (Å²) >= 11 is 1.43. The zero-order valence-electron chi connectivity index (χ0n) is 12.3. The van der Waals surface area contributed by atoms with Crippen LogP contribution in [0.3, 0.4) is 0 Å². The Kier molecular flexibility index (Phi) is 3.53. The molecule has 7 nitrogen and oxygen atoms in total. The fraction of sp³-hybridized carbons (Fsp3) is 0.400. The van der Waals surface area contributed by atoms with Crippen LogP contribution in [-0.4, -0.2) is 62.7 Å². The molecular formula is C15H15N5O2S. The molecule has 0 bridgehead atoms. The zero-order valence-corrected chi connectivity index (χ0v) is 13.1. The molecule has 0 aliphatic carbocycles. The third-order valence-electron chi connectivity index (χ3n) is 4.49. The van der Waals surface area contributed by atoms with Gasteiger partial charge in [-0.1, -0.05) is 0 Å². The summed E-state index contributed by atoms with van der Waals surface area (Å²) in [4.78, 5) is 40.5. The van der Waals surface area contributed by atoms with E-state index in [1.165, 1.54) is 23.7 Å². The molecule has 2 saturated heterocycles. The molecular weight excluding hydrogens is 314 g/mol. The molecule has 2 aromatic heterocycles. The van der Waals surface area contributed by atoms with E-state index in [1.807, 2.05) is 9.80 Å². The van der Waals surface area contributed by atoms with Gasteiger partial charge in [-0.05, 0) is 0 Å². The first-order valence-corrected chi connectivity index (χ1v) is 8.39. The number of rotatable bonds is 2. The van der Waals surface area contributed by atoms with E-state index in [4.69, 9.17) is 0 Å². The van der Waals surface area contributed by atoms with Crippen LogP contribution in [-0.2, 0) is 0 Å². The predicted octanol–water partition coefficient (Wildman–Crippen LogP) is 0.777. The first-order chi connectivity index (χ1) is 11.2. The van der Waals surface area contributed by atoms with Crippen LogP contribution in [0.4, 0.5) is 0 Å². The molecule has 4 heterocycles. The Morgan fingerprint density at radius 2 is 1.61 bits per heavy atom. The normalized spacial score (nSPS) is 23.1. The Morgan fingerprint density at radius 1 is 0.957 bits per heavy atom. The summed E-state index contributed by atoms with van der Waals surface area (Å²) in [6.45, 7) is 2.71. The lowest BCUT2D eigenvalue weighted by atomic mass is 10.0. The standard InChI is InChI=1S/C15H15N5O2S/c21-14(12-3-16-1-2-17-12)19-4-10-6-20(7-11(10)5-19)15(22)13-8-23-9-18-13/h1-3,8-11H,4-7H2/t10-,11+. The first-order valence-electron chi connectivity index (χ1n) is 7.45. The van der Waals surface area contributed by atoms with Crippen molar-refractivity contribution in [2.45, 2.75) is 0 Å². The van der Waals surface area contributed by atoms with Crippen LogP contribution in [0.25, 0.3) is 0 Å². The average molecular weight is 329 g/mol. The molecule has 8 heteroatoms. The number of thiazole rings is 1. The van der Waals surface area contributed by atoms with Gasteiger partial charge in [0.2, 0.25) is 0 Å². The van der Waals surface area contributed by atoms with Crippen molar-refractivity contribution in [2.24, 2.45) is 11.8 Å². The van der Waals surface area contributed by atoms with Gasteiger partial charge < -0.3 is 9.80 Å². The fourth-order valence-electron chi connectivity index (χ4n) is 3.38.